The number of carbonyl (C=O) groups excluding carboxylic acids is 1. The first-order chi connectivity index (χ1) is 9.70. The SMILES string of the molecule is CCCNc1snnc1COc1ccc(C(N)=O)cc1. The normalized spacial score (nSPS) is 10.2. The molecule has 106 valence electrons. The molecule has 20 heavy (non-hydrogen) atoms. The number of aromatic nitrogens is 2. The zero-order valence-corrected chi connectivity index (χ0v) is 11.9. The van der Waals surface area contributed by atoms with E-state index in [0.717, 1.165) is 23.7 Å². The standard InChI is InChI=1S/C13H16N4O2S/c1-2-7-15-13-11(16-17-20-13)8-19-10-5-3-9(4-6-10)12(14)18/h3-6,15H,2,7-8H2,1H3,(H2,14,18). The summed E-state index contributed by atoms with van der Waals surface area (Å²) in [5.41, 5.74) is 6.41. The van der Waals surface area contributed by atoms with E-state index in [1.165, 1.54) is 11.5 Å². The Bertz CT molecular complexity index is 568. The molecule has 0 unspecified atom stereocenters. The van der Waals surface area contributed by atoms with Crippen LogP contribution in [0.25, 0.3) is 0 Å². The molecular formula is C13H16N4O2S. The van der Waals surface area contributed by atoms with Crippen LogP contribution in [-0.2, 0) is 6.61 Å². The molecule has 0 aliphatic rings. The molecule has 0 aliphatic carbocycles. The molecular weight excluding hydrogens is 276 g/mol. The molecule has 2 aromatic rings. The van der Waals surface area contributed by atoms with Crippen molar-refractivity contribution in [1.82, 2.24) is 9.59 Å². The second-order valence-corrected chi connectivity index (χ2v) is 4.91. The van der Waals surface area contributed by atoms with Gasteiger partial charge in [0.05, 0.1) is 0 Å². The summed E-state index contributed by atoms with van der Waals surface area (Å²) >= 11 is 1.32. The van der Waals surface area contributed by atoms with Crippen LogP contribution >= 0.6 is 11.5 Å². The molecule has 0 saturated heterocycles. The number of anilines is 1. The molecule has 0 atom stereocenters. The summed E-state index contributed by atoms with van der Waals surface area (Å²) < 4.78 is 9.53. The Hall–Kier alpha value is -2.15. The smallest absolute Gasteiger partial charge is 0.248 e. The number of amides is 1. The number of ether oxygens (including phenoxy) is 1. The van der Waals surface area contributed by atoms with Crippen LogP contribution in [0, 0.1) is 0 Å². The molecule has 0 spiro atoms. The summed E-state index contributed by atoms with van der Waals surface area (Å²) in [5, 5.41) is 8.22. The zero-order chi connectivity index (χ0) is 14.4. The number of hydrogen-bond donors (Lipinski definition) is 2. The van der Waals surface area contributed by atoms with Crippen LogP contribution in [0.5, 0.6) is 5.75 Å². The quantitative estimate of drug-likeness (QED) is 0.815. The molecule has 1 aromatic heterocycles. The first kappa shape index (κ1) is 14.3. The highest BCUT2D eigenvalue weighted by molar-refractivity contribution is 7.10. The van der Waals surface area contributed by atoms with Crippen molar-refractivity contribution >= 4 is 22.4 Å². The number of hydrogen-bond acceptors (Lipinski definition) is 6. The van der Waals surface area contributed by atoms with Crippen LogP contribution < -0.4 is 15.8 Å². The van der Waals surface area contributed by atoms with Crippen LogP contribution in [0.4, 0.5) is 5.00 Å². The van der Waals surface area contributed by atoms with Gasteiger partial charge in [-0.1, -0.05) is 11.4 Å². The van der Waals surface area contributed by atoms with Gasteiger partial charge in [0.2, 0.25) is 5.91 Å². The average molecular weight is 292 g/mol. The van der Waals surface area contributed by atoms with E-state index in [2.05, 4.69) is 21.8 Å². The maximum Gasteiger partial charge on any atom is 0.248 e. The average Bonchev–Trinajstić information content (AvgIpc) is 2.90. The van der Waals surface area contributed by atoms with Crippen molar-refractivity contribution < 1.29 is 9.53 Å². The monoisotopic (exact) mass is 292 g/mol. The van der Waals surface area contributed by atoms with E-state index in [1.54, 1.807) is 24.3 Å². The number of nitrogens with one attached hydrogen (secondary N) is 1. The molecule has 0 fully saturated rings. The number of rotatable bonds is 7. The van der Waals surface area contributed by atoms with Crippen molar-refractivity contribution in [2.75, 3.05) is 11.9 Å². The number of benzene rings is 1. The van der Waals surface area contributed by atoms with Gasteiger partial charge in [-0.05, 0) is 30.7 Å². The van der Waals surface area contributed by atoms with Crippen LogP contribution in [0.3, 0.4) is 0 Å². The topological polar surface area (TPSA) is 90.1 Å². The highest BCUT2D eigenvalue weighted by Crippen LogP contribution is 2.20. The Morgan fingerprint density at radius 1 is 1.40 bits per heavy atom. The molecule has 6 nitrogen and oxygen atoms in total. The lowest BCUT2D eigenvalue weighted by Crippen LogP contribution is -2.10. The third kappa shape index (κ3) is 3.67. The van der Waals surface area contributed by atoms with Gasteiger partial charge in [-0.3, -0.25) is 4.79 Å². The lowest BCUT2D eigenvalue weighted by molar-refractivity contribution is 0.100. The van der Waals surface area contributed by atoms with Crippen LogP contribution in [0.15, 0.2) is 24.3 Å². The van der Waals surface area contributed by atoms with Gasteiger partial charge < -0.3 is 15.8 Å². The van der Waals surface area contributed by atoms with Crippen molar-refractivity contribution in [2.24, 2.45) is 5.73 Å². The fourth-order valence-corrected chi connectivity index (χ4v) is 2.14. The van der Waals surface area contributed by atoms with Gasteiger partial charge in [0.25, 0.3) is 0 Å². The van der Waals surface area contributed by atoms with Crippen molar-refractivity contribution in [2.45, 2.75) is 20.0 Å². The van der Waals surface area contributed by atoms with E-state index < -0.39 is 5.91 Å². The van der Waals surface area contributed by atoms with Gasteiger partial charge in [0, 0.05) is 23.6 Å². The van der Waals surface area contributed by atoms with Gasteiger partial charge in [-0.2, -0.15) is 0 Å². The van der Waals surface area contributed by atoms with Crippen molar-refractivity contribution in [3.05, 3.63) is 35.5 Å². The van der Waals surface area contributed by atoms with E-state index in [0.29, 0.717) is 17.9 Å². The first-order valence-electron chi connectivity index (χ1n) is 6.28. The van der Waals surface area contributed by atoms with Crippen molar-refractivity contribution in [3.63, 3.8) is 0 Å². The second-order valence-electron chi connectivity index (χ2n) is 4.15. The van der Waals surface area contributed by atoms with E-state index >= 15 is 0 Å². The Kier molecular flexibility index (Phi) is 4.89. The van der Waals surface area contributed by atoms with Crippen LogP contribution in [-0.4, -0.2) is 22.0 Å². The van der Waals surface area contributed by atoms with Crippen LogP contribution in [0.2, 0.25) is 0 Å². The van der Waals surface area contributed by atoms with Gasteiger partial charge in [0.1, 0.15) is 23.1 Å². The molecule has 0 radical (unpaired) electrons. The maximum atomic E-state index is 11.0. The van der Waals surface area contributed by atoms with Gasteiger partial charge in [0.15, 0.2) is 0 Å². The Morgan fingerprint density at radius 3 is 2.80 bits per heavy atom. The molecule has 0 aliphatic heterocycles. The highest BCUT2D eigenvalue weighted by Gasteiger charge is 2.08. The van der Waals surface area contributed by atoms with Gasteiger partial charge in [-0.25, -0.2) is 0 Å². The fraction of sp³-hybridized carbons (Fsp3) is 0.308. The molecule has 2 rings (SSSR count). The Labute approximate surface area is 121 Å². The third-order valence-electron chi connectivity index (χ3n) is 2.61. The van der Waals surface area contributed by atoms with Crippen molar-refractivity contribution in [3.8, 4) is 5.75 Å². The Balaban J connectivity index is 1.94. The summed E-state index contributed by atoms with van der Waals surface area (Å²) in [4.78, 5) is 11.0. The number of nitrogens with zero attached hydrogens (tertiary/aromatic N) is 2. The number of nitrogens with two attached hydrogens (primary N) is 1. The molecule has 3 N–H and O–H groups in total. The minimum absolute atomic E-state index is 0.332. The van der Waals surface area contributed by atoms with E-state index in [1.807, 2.05) is 0 Å². The first-order valence-corrected chi connectivity index (χ1v) is 7.05. The summed E-state index contributed by atoms with van der Waals surface area (Å²) in [6.45, 7) is 3.31. The molecule has 0 bridgehead atoms. The zero-order valence-electron chi connectivity index (χ0n) is 11.1. The lowest BCUT2D eigenvalue weighted by Gasteiger charge is -2.06. The van der Waals surface area contributed by atoms with E-state index in [4.69, 9.17) is 10.5 Å². The molecule has 1 heterocycles. The molecule has 7 heteroatoms. The van der Waals surface area contributed by atoms with E-state index in [-0.39, 0.29) is 0 Å². The summed E-state index contributed by atoms with van der Waals surface area (Å²) in [5.74, 6) is 0.204. The second kappa shape index (κ2) is 6.85. The third-order valence-corrected chi connectivity index (χ3v) is 3.33. The summed E-state index contributed by atoms with van der Waals surface area (Å²) in [6.07, 6.45) is 1.03. The van der Waals surface area contributed by atoms with Crippen molar-refractivity contribution in [1.29, 1.82) is 0 Å². The Morgan fingerprint density at radius 2 is 2.15 bits per heavy atom. The molecule has 1 amide bonds. The van der Waals surface area contributed by atoms with Gasteiger partial charge >= 0.3 is 0 Å². The fourth-order valence-electron chi connectivity index (χ4n) is 1.54. The molecule has 1 aromatic carbocycles. The molecule has 0 saturated carbocycles. The predicted octanol–water partition coefficient (Wildman–Crippen LogP) is 2.04. The van der Waals surface area contributed by atoms with Gasteiger partial charge in [-0.15, -0.1) is 5.10 Å². The summed E-state index contributed by atoms with van der Waals surface area (Å²) in [6, 6.07) is 6.68. The minimum Gasteiger partial charge on any atom is -0.487 e. The summed E-state index contributed by atoms with van der Waals surface area (Å²) in [7, 11) is 0. The number of carbonyl (C=O) groups is 1. The lowest BCUT2D eigenvalue weighted by atomic mass is 10.2. The predicted molar refractivity (Wildman–Crippen MR) is 78.0 cm³/mol. The highest BCUT2D eigenvalue weighted by atomic mass is 32.1. The minimum atomic E-state index is -0.452. The number of primary amides is 1. The van der Waals surface area contributed by atoms with Crippen LogP contribution in [0.1, 0.15) is 29.4 Å². The largest absolute Gasteiger partial charge is 0.487 e. The maximum absolute atomic E-state index is 11.0. The van der Waals surface area contributed by atoms with E-state index in [9.17, 15) is 4.79 Å².